The van der Waals surface area contributed by atoms with Crippen molar-refractivity contribution in [3.63, 3.8) is 0 Å². The number of nitrogens with one attached hydrogen (secondary N) is 2. The van der Waals surface area contributed by atoms with Gasteiger partial charge in [0, 0.05) is 5.69 Å². The van der Waals surface area contributed by atoms with Crippen molar-refractivity contribution in [2.24, 2.45) is 5.73 Å². The molecule has 0 aliphatic heterocycles. The second-order valence-corrected chi connectivity index (χ2v) is 7.10. The number of hydrazine groups is 1. The average Bonchev–Trinajstić information content (AvgIpc) is 3.09. The third-order valence-electron chi connectivity index (χ3n) is 4.52. The van der Waals surface area contributed by atoms with Crippen LogP contribution in [0.2, 0.25) is 0 Å². The summed E-state index contributed by atoms with van der Waals surface area (Å²) in [6.45, 7) is 0. The first-order valence-corrected chi connectivity index (χ1v) is 9.36. The summed E-state index contributed by atoms with van der Waals surface area (Å²) in [5.41, 5.74) is 12.3. The van der Waals surface area contributed by atoms with E-state index in [2.05, 4.69) is 59.3 Å². The molecule has 1 atom stereocenters. The molecule has 4 nitrogen and oxygen atoms in total. The van der Waals surface area contributed by atoms with E-state index in [1.165, 1.54) is 5.39 Å². The van der Waals surface area contributed by atoms with Crippen molar-refractivity contribution < 1.29 is 0 Å². The molecule has 27 heavy (non-hydrogen) atoms. The number of thiocarbonyl (C=S) groups is 2. The molecule has 1 aliphatic carbocycles. The predicted molar refractivity (Wildman–Crippen MR) is 120 cm³/mol. The molecule has 6 heteroatoms. The summed E-state index contributed by atoms with van der Waals surface area (Å²) >= 11 is 10.7. The molecule has 1 unspecified atom stereocenters. The third kappa shape index (κ3) is 3.63. The van der Waals surface area contributed by atoms with E-state index >= 15 is 0 Å². The van der Waals surface area contributed by atoms with Crippen molar-refractivity contribution in [2.45, 2.75) is 6.04 Å². The molecule has 0 saturated heterocycles. The van der Waals surface area contributed by atoms with Gasteiger partial charge in [-0.3, -0.25) is 5.43 Å². The van der Waals surface area contributed by atoms with Crippen molar-refractivity contribution in [3.05, 3.63) is 83.9 Å². The number of fused-ring (bicyclic) bond motifs is 2. The van der Waals surface area contributed by atoms with E-state index in [4.69, 9.17) is 30.2 Å². The Morgan fingerprint density at radius 2 is 1.67 bits per heavy atom. The average molecular weight is 391 g/mol. The maximum atomic E-state index is 5.96. The van der Waals surface area contributed by atoms with Crippen LogP contribution in [0.15, 0.2) is 72.8 Å². The van der Waals surface area contributed by atoms with Crippen LogP contribution in [0.5, 0.6) is 0 Å². The van der Waals surface area contributed by atoms with Crippen LogP contribution in [-0.4, -0.2) is 15.2 Å². The minimum Gasteiger partial charge on any atom is -0.375 e. The first-order valence-electron chi connectivity index (χ1n) is 8.54. The van der Waals surface area contributed by atoms with Crippen LogP contribution in [0.25, 0.3) is 16.8 Å². The fourth-order valence-corrected chi connectivity index (χ4v) is 3.63. The van der Waals surface area contributed by atoms with Gasteiger partial charge in [0.05, 0.1) is 6.04 Å². The smallest absolute Gasteiger partial charge is 0.189 e. The van der Waals surface area contributed by atoms with Gasteiger partial charge in [-0.15, -0.1) is 0 Å². The van der Waals surface area contributed by atoms with Crippen molar-refractivity contribution in [2.75, 3.05) is 5.32 Å². The number of benzene rings is 3. The molecular weight excluding hydrogens is 372 g/mol. The molecule has 0 fully saturated rings. The Kier molecular flexibility index (Phi) is 4.75. The molecule has 4 rings (SSSR count). The Balaban J connectivity index is 1.51. The highest BCUT2D eigenvalue weighted by Crippen LogP contribution is 2.31. The summed E-state index contributed by atoms with van der Waals surface area (Å²) in [6, 6.07) is 22.3. The summed E-state index contributed by atoms with van der Waals surface area (Å²) < 4.78 is 0. The Morgan fingerprint density at radius 1 is 0.926 bits per heavy atom. The highest BCUT2D eigenvalue weighted by molar-refractivity contribution is 7.80. The van der Waals surface area contributed by atoms with Gasteiger partial charge in [-0.2, -0.15) is 0 Å². The number of hydrogen-bond donors (Lipinski definition) is 3. The maximum absolute atomic E-state index is 5.96. The minimum atomic E-state index is -0.102. The zero-order valence-corrected chi connectivity index (χ0v) is 16.1. The fraction of sp³-hybridized carbons (Fsp3) is 0.0476. The lowest BCUT2D eigenvalue weighted by Gasteiger charge is -2.30. The Labute approximate surface area is 168 Å². The van der Waals surface area contributed by atoms with E-state index < -0.39 is 0 Å². The van der Waals surface area contributed by atoms with Crippen molar-refractivity contribution in [1.29, 1.82) is 0 Å². The Bertz CT molecular complexity index is 1060. The summed E-state index contributed by atoms with van der Waals surface area (Å²) in [5.74, 6) is 0. The zero-order valence-electron chi connectivity index (χ0n) is 14.4. The second-order valence-electron chi connectivity index (χ2n) is 6.27. The van der Waals surface area contributed by atoms with E-state index in [1.54, 1.807) is 5.01 Å². The summed E-state index contributed by atoms with van der Waals surface area (Å²) in [5, 5.41) is 7.88. The van der Waals surface area contributed by atoms with Gasteiger partial charge in [0.2, 0.25) is 0 Å². The molecule has 134 valence electrons. The molecule has 0 bridgehead atoms. The first-order chi connectivity index (χ1) is 13.1. The SMILES string of the molecule is NC(=S)N(NC(=S)Nc1ccc2ccccc2c1)C1C=Cc2ccccc21. The predicted octanol–water partition coefficient (Wildman–Crippen LogP) is 4.35. The molecule has 0 aromatic heterocycles. The second kappa shape index (κ2) is 7.34. The maximum Gasteiger partial charge on any atom is 0.189 e. The molecule has 1 aliphatic rings. The fourth-order valence-electron chi connectivity index (χ4n) is 3.25. The van der Waals surface area contributed by atoms with Gasteiger partial charge < -0.3 is 11.1 Å². The Hall–Kier alpha value is -2.96. The van der Waals surface area contributed by atoms with Crippen molar-refractivity contribution >= 4 is 57.2 Å². The lowest BCUT2D eigenvalue weighted by atomic mass is 10.1. The van der Waals surface area contributed by atoms with Gasteiger partial charge in [-0.05, 0) is 58.5 Å². The van der Waals surface area contributed by atoms with E-state index in [0.29, 0.717) is 5.11 Å². The zero-order chi connectivity index (χ0) is 18.8. The van der Waals surface area contributed by atoms with E-state index in [-0.39, 0.29) is 11.2 Å². The van der Waals surface area contributed by atoms with Crippen molar-refractivity contribution in [3.8, 4) is 0 Å². The van der Waals surface area contributed by atoms with Crippen LogP contribution in [0.1, 0.15) is 17.2 Å². The lowest BCUT2D eigenvalue weighted by molar-refractivity contribution is 0.332. The molecule has 0 radical (unpaired) electrons. The highest BCUT2D eigenvalue weighted by Gasteiger charge is 2.25. The topological polar surface area (TPSA) is 53.3 Å². The van der Waals surface area contributed by atoms with Crippen molar-refractivity contribution in [1.82, 2.24) is 10.4 Å². The molecule has 0 heterocycles. The third-order valence-corrected chi connectivity index (χ3v) is 4.91. The number of nitrogens with zero attached hydrogens (tertiary/aromatic N) is 1. The highest BCUT2D eigenvalue weighted by atomic mass is 32.1. The first kappa shape index (κ1) is 17.5. The van der Waals surface area contributed by atoms with Gasteiger partial charge in [-0.1, -0.05) is 66.7 Å². The lowest BCUT2D eigenvalue weighted by Crippen LogP contribution is -2.51. The van der Waals surface area contributed by atoms with E-state index in [0.717, 1.165) is 22.2 Å². The largest absolute Gasteiger partial charge is 0.375 e. The normalized spacial score (nSPS) is 14.6. The van der Waals surface area contributed by atoms with E-state index in [9.17, 15) is 0 Å². The number of rotatable bonds is 2. The molecule has 3 aromatic rings. The summed E-state index contributed by atoms with van der Waals surface area (Å²) in [6.07, 6.45) is 4.11. The van der Waals surface area contributed by atoms with Gasteiger partial charge in [0.1, 0.15) is 0 Å². The van der Waals surface area contributed by atoms with Crippen LogP contribution in [0, 0.1) is 0 Å². The van der Waals surface area contributed by atoms with Gasteiger partial charge >= 0.3 is 0 Å². The molecular formula is C21H18N4S2. The van der Waals surface area contributed by atoms with Gasteiger partial charge in [-0.25, -0.2) is 5.01 Å². The number of hydrogen-bond acceptors (Lipinski definition) is 2. The molecule has 0 amide bonds. The monoisotopic (exact) mass is 390 g/mol. The summed E-state index contributed by atoms with van der Waals surface area (Å²) in [4.78, 5) is 0. The van der Waals surface area contributed by atoms with Crippen LogP contribution >= 0.6 is 24.4 Å². The van der Waals surface area contributed by atoms with Crippen LogP contribution in [0.4, 0.5) is 5.69 Å². The van der Waals surface area contributed by atoms with Crippen LogP contribution < -0.4 is 16.5 Å². The van der Waals surface area contributed by atoms with Crippen LogP contribution in [-0.2, 0) is 0 Å². The number of nitrogens with two attached hydrogens (primary N) is 1. The molecule has 0 spiro atoms. The minimum absolute atomic E-state index is 0.102. The van der Waals surface area contributed by atoms with Gasteiger partial charge in [0.25, 0.3) is 0 Å². The summed E-state index contributed by atoms with van der Waals surface area (Å²) in [7, 11) is 0. The molecule has 4 N–H and O–H groups in total. The molecule has 0 saturated carbocycles. The number of anilines is 1. The molecule has 3 aromatic carbocycles. The Morgan fingerprint density at radius 3 is 2.48 bits per heavy atom. The standard InChI is InChI=1S/C21H18N4S2/c22-20(26)25(19-12-10-15-6-3-4-8-18(15)19)24-21(27)23-17-11-9-14-5-1-2-7-16(14)13-17/h1-13,19H,(H2,22,26)(H2,23,24,27). The van der Waals surface area contributed by atoms with E-state index in [1.807, 2.05) is 30.3 Å². The van der Waals surface area contributed by atoms with Gasteiger partial charge in [0.15, 0.2) is 10.2 Å². The van der Waals surface area contributed by atoms with Crippen LogP contribution in [0.3, 0.4) is 0 Å². The quantitative estimate of drug-likeness (QED) is 0.447.